The SMILES string of the molecule is CCC(C)c1ccc(OCCCS(=O)(=O)[O-])cc1.[Na+]. The molecule has 0 bridgehead atoms. The van der Waals surface area contributed by atoms with Crippen molar-refractivity contribution < 1.29 is 47.3 Å². The van der Waals surface area contributed by atoms with Crippen molar-refractivity contribution in [3.8, 4) is 5.75 Å². The van der Waals surface area contributed by atoms with Gasteiger partial charge in [0.1, 0.15) is 5.75 Å². The maximum atomic E-state index is 10.4. The van der Waals surface area contributed by atoms with Crippen LogP contribution in [-0.4, -0.2) is 25.3 Å². The molecule has 1 aromatic rings. The van der Waals surface area contributed by atoms with Gasteiger partial charge in [-0.05, 0) is 36.5 Å². The van der Waals surface area contributed by atoms with E-state index >= 15 is 0 Å². The molecule has 0 amide bonds. The van der Waals surface area contributed by atoms with E-state index in [-0.39, 0.29) is 48.3 Å². The van der Waals surface area contributed by atoms with Crippen LogP contribution in [0, 0.1) is 0 Å². The Kier molecular flexibility index (Phi) is 8.94. The van der Waals surface area contributed by atoms with Gasteiger partial charge in [-0.3, -0.25) is 0 Å². The molecule has 1 unspecified atom stereocenters. The zero-order valence-corrected chi connectivity index (χ0v) is 14.6. The predicted molar refractivity (Wildman–Crippen MR) is 69.8 cm³/mol. The van der Waals surface area contributed by atoms with Gasteiger partial charge in [0.05, 0.1) is 16.7 Å². The van der Waals surface area contributed by atoms with Gasteiger partial charge in [-0.1, -0.05) is 26.0 Å². The summed E-state index contributed by atoms with van der Waals surface area (Å²) in [7, 11) is -4.13. The Morgan fingerprint density at radius 1 is 1.26 bits per heavy atom. The first kappa shape index (κ1) is 18.9. The fourth-order valence-corrected chi connectivity index (χ4v) is 2.03. The molecule has 102 valence electrons. The molecule has 1 aromatic carbocycles. The van der Waals surface area contributed by atoms with E-state index in [1.807, 2.05) is 24.3 Å². The molecule has 4 nitrogen and oxygen atoms in total. The number of hydrogen-bond donors (Lipinski definition) is 0. The molecule has 1 atom stereocenters. The van der Waals surface area contributed by atoms with Crippen molar-refractivity contribution >= 4 is 10.1 Å². The Morgan fingerprint density at radius 2 is 1.84 bits per heavy atom. The minimum absolute atomic E-state index is 0. The van der Waals surface area contributed by atoms with Crippen LogP contribution in [0.5, 0.6) is 5.75 Å². The van der Waals surface area contributed by atoms with E-state index in [1.54, 1.807) is 0 Å². The van der Waals surface area contributed by atoms with E-state index in [0.29, 0.717) is 11.7 Å². The van der Waals surface area contributed by atoms with Crippen molar-refractivity contribution in [3.05, 3.63) is 29.8 Å². The van der Waals surface area contributed by atoms with E-state index in [9.17, 15) is 13.0 Å². The molecule has 1 rings (SSSR count). The fraction of sp³-hybridized carbons (Fsp3) is 0.538. The molecule has 19 heavy (non-hydrogen) atoms. The van der Waals surface area contributed by atoms with Gasteiger partial charge >= 0.3 is 29.6 Å². The summed E-state index contributed by atoms with van der Waals surface area (Å²) in [6.45, 7) is 4.54. The standard InChI is InChI=1S/C13H20O4S.Na/c1-3-11(2)12-5-7-13(8-6-12)17-9-4-10-18(14,15)16;/h5-8,11H,3-4,9-10H2,1-2H3,(H,14,15,16);/q;+1/p-1. The van der Waals surface area contributed by atoms with Crippen LogP contribution in [0.3, 0.4) is 0 Å². The second-order valence-corrected chi connectivity index (χ2v) is 5.87. The van der Waals surface area contributed by atoms with E-state index in [0.717, 1.165) is 6.42 Å². The third kappa shape index (κ3) is 7.95. The number of benzene rings is 1. The van der Waals surface area contributed by atoms with Crippen LogP contribution >= 0.6 is 0 Å². The molecule has 0 aliphatic rings. The van der Waals surface area contributed by atoms with Crippen molar-refractivity contribution in [1.29, 1.82) is 0 Å². The van der Waals surface area contributed by atoms with Gasteiger partial charge in [-0.2, -0.15) is 0 Å². The molecule has 0 radical (unpaired) electrons. The summed E-state index contributed by atoms with van der Waals surface area (Å²) in [5.41, 5.74) is 1.26. The Morgan fingerprint density at radius 3 is 2.32 bits per heavy atom. The van der Waals surface area contributed by atoms with Gasteiger partial charge in [-0.25, -0.2) is 8.42 Å². The summed E-state index contributed by atoms with van der Waals surface area (Å²) in [6.07, 6.45) is 1.31. The average Bonchev–Trinajstić information content (AvgIpc) is 2.33. The topological polar surface area (TPSA) is 66.4 Å². The minimum atomic E-state index is -4.13. The van der Waals surface area contributed by atoms with Crippen LogP contribution in [0.15, 0.2) is 24.3 Å². The van der Waals surface area contributed by atoms with Crippen molar-refractivity contribution in [1.82, 2.24) is 0 Å². The Balaban J connectivity index is 0.00000324. The molecule has 0 N–H and O–H groups in total. The molecular formula is C13H19NaO4S. The van der Waals surface area contributed by atoms with Crippen LogP contribution in [0.2, 0.25) is 0 Å². The van der Waals surface area contributed by atoms with Crippen LogP contribution in [-0.2, 0) is 10.1 Å². The molecule has 0 saturated carbocycles. The largest absolute Gasteiger partial charge is 1.00 e. The molecule has 0 heterocycles. The Hall–Kier alpha value is -0.0700. The van der Waals surface area contributed by atoms with E-state index in [2.05, 4.69) is 13.8 Å². The zero-order valence-electron chi connectivity index (χ0n) is 11.8. The van der Waals surface area contributed by atoms with Crippen LogP contribution in [0.4, 0.5) is 0 Å². The third-order valence-electron chi connectivity index (χ3n) is 2.87. The molecule has 0 spiro atoms. The van der Waals surface area contributed by atoms with Crippen LogP contribution in [0.1, 0.15) is 38.2 Å². The summed E-state index contributed by atoms with van der Waals surface area (Å²) >= 11 is 0. The molecule has 0 aliphatic heterocycles. The average molecular weight is 294 g/mol. The fourth-order valence-electron chi connectivity index (χ4n) is 1.55. The minimum Gasteiger partial charge on any atom is -0.748 e. The third-order valence-corrected chi connectivity index (χ3v) is 3.66. The first-order chi connectivity index (χ1) is 8.42. The second kappa shape index (κ2) is 8.97. The first-order valence-corrected chi connectivity index (χ1v) is 7.66. The first-order valence-electron chi connectivity index (χ1n) is 6.08. The molecule has 6 heteroatoms. The van der Waals surface area contributed by atoms with Gasteiger partial charge in [0, 0.05) is 5.75 Å². The maximum Gasteiger partial charge on any atom is 1.00 e. The van der Waals surface area contributed by atoms with E-state index in [4.69, 9.17) is 4.74 Å². The summed E-state index contributed by atoms with van der Waals surface area (Å²) < 4.78 is 36.5. The van der Waals surface area contributed by atoms with Crippen molar-refractivity contribution in [3.63, 3.8) is 0 Å². The summed E-state index contributed by atoms with van der Waals surface area (Å²) in [6, 6.07) is 7.75. The van der Waals surface area contributed by atoms with Gasteiger partial charge < -0.3 is 9.29 Å². The Bertz CT molecular complexity index is 456. The predicted octanol–water partition coefficient (Wildman–Crippen LogP) is -0.482. The number of ether oxygens (including phenoxy) is 1. The Labute approximate surface area is 137 Å². The summed E-state index contributed by atoms with van der Waals surface area (Å²) in [5.74, 6) is 0.841. The number of hydrogen-bond acceptors (Lipinski definition) is 4. The van der Waals surface area contributed by atoms with Crippen molar-refractivity contribution in [2.24, 2.45) is 0 Å². The summed E-state index contributed by atoms with van der Waals surface area (Å²) in [5, 5.41) is 0. The van der Waals surface area contributed by atoms with Gasteiger partial charge in [0.25, 0.3) is 0 Å². The van der Waals surface area contributed by atoms with Crippen LogP contribution < -0.4 is 34.3 Å². The second-order valence-electron chi connectivity index (χ2n) is 4.34. The molecule has 0 saturated heterocycles. The van der Waals surface area contributed by atoms with E-state index < -0.39 is 10.1 Å². The van der Waals surface area contributed by atoms with Crippen molar-refractivity contribution in [2.45, 2.75) is 32.6 Å². The molecule has 0 aliphatic carbocycles. The van der Waals surface area contributed by atoms with Gasteiger partial charge in [0.2, 0.25) is 0 Å². The smallest absolute Gasteiger partial charge is 0.748 e. The van der Waals surface area contributed by atoms with Crippen molar-refractivity contribution in [2.75, 3.05) is 12.4 Å². The molecule has 0 fully saturated rings. The van der Waals surface area contributed by atoms with Gasteiger partial charge in [-0.15, -0.1) is 0 Å². The quantitative estimate of drug-likeness (QED) is 0.387. The monoisotopic (exact) mass is 294 g/mol. The zero-order chi connectivity index (χ0) is 13.6. The number of rotatable bonds is 7. The summed E-state index contributed by atoms with van der Waals surface area (Å²) in [4.78, 5) is 0. The normalized spacial score (nSPS) is 12.6. The maximum absolute atomic E-state index is 10.4. The van der Waals surface area contributed by atoms with E-state index in [1.165, 1.54) is 5.56 Å². The molecule has 0 aromatic heterocycles. The molecular weight excluding hydrogens is 275 g/mol. The van der Waals surface area contributed by atoms with Gasteiger partial charge in [0.15, 0.2) is 0 Å². The van der Waals surface area contributed by atoms with Crippen LogP contribution in [0.25, 0.3) is 0 Å².